The Bertz CT molecular complexity index is 1060. The summed E-state index contributed by atoms with van der Waals surface area (Å²) >= 11 is 0. The van der Waals surface area contributed by atoms with Gasteiger partial charge in [0.2, 0.25) is 0 Å². The number of hydrogen-bond acceptors (Lipinski definition) is 5. The van der Waals surface area contributed by atoms with Gasteiger partial charge in [-0.05, 0) is 23.8 Å². The molecule has 1 heterocycles. The molecule has 156 valence electrons. The molecule has 0 radical (unpaired) electrons. The van der Waals surface area contributed by atoms with E-state index in [1.54, 1.807) is 0 Å². The SMILES string of the molecule is CCS(=O)(=O)CC(O)(C(=O)Nc1cc(C(F)(F)F)c(C#N)[nH]1)c1ccc(F)cc1. The lowest BCUT2D eigenvalue weighted by atomic mass is 9.95. The van der Waals surface area contributed by atoms with Gasteiger partial charge < -0.3 is 15.4 Å². The van der Waals surface area contributed by atoms with Gasteiger partial charge >= 0.3 is 6.18 Å². The van der Waals surface area contributed by atoms with E-state index in [4.69, 9.17) is 5.26 Å². The number of amides is 1. The fourth-order valence-electron chi connectivity index (χ4n) is 2.49. The Morgan fingerprint density at radius 3 is 2.31 bits per heavy atom. The van der Waals surface area contributed by atoms with Gasteiger partial charge in [0.1, 0.15) is 23.4 Å². The van der Waals surface area contributed by atoms with Crippen LogP contribution in [0.3, 0.4) is 0 Å². The molecule has 3 N–H and O–H groups in total. The maximum absolute atomic E-state index is 13.2. The number of sulfone groups is 1. The van der Waals surface area contributed by atoms with Crippen molar-refractivity contribution in [2.45, 2.75) is 18.7 Å². The molecule has 29 heavy (non-hydrogen) atoms. The first-order chi connectivity index (χ1) is 13.3. The summed E-state index contributed by atoms with van der Waals surface area (Å²) in [6.45, 7) is 1.28. The molecule has 0 saturated heterocycles. The minimum Gasteiger partial charge on any atom is -0.374 e. The number of carbonyl (C=O) groups excluding carboxylic acids is 1. The van der Waals surface area contributed by atoms with Gasteiger partial charge in [-0.3, -0.25) is 4.79 Å². The van der Waals surface area contributed by atoms with Crippen LogP contribution in [0.15, 0.2) is 30.3 Å². The summed E-state index contributed by atoms with van der Waals surface area (Å²) in [5, 5.41) is 21.6. The van der Waals surface area contributed by atoms with E-state index >= 15 is 0 Å². The number of hydrogen-bond donors (Lipinski definition) is 3. The molecule has 1 aromatic heterocycles. The largest absolute Gasteiger partial charge is 0.419 e. The van der Waals surface area contributed by atoms with Crippen molar-refractivity contribution in [3.05, 3.63) is 53.0 Å². The van der Waals surface area contributed by atoms with Crippen molar-refractivity contribution in [2.24, 2.45) is 0 Å². The first kappa shape index (κ1) is 22.4. The van der Waals surface area contributed by atoms with Crippen LogP contribution >= 0.6 is 0 Å². The number of H-pyrrole nitrogens is 1. The molecule has 12 heteroatoms. The van der Waals surface area contributed by atoms with Gasteiger partial charge in [-0.15, -0.1) is 0 Å². The summed E-state index contributed by atoms with van der Waals surface area (Å²) in [5.74, 6) is -4.18. The lowest BCUT2D eigenvalue weighted by Crippen LogP contribution is -2.46. The van der Waals surface area contributed by atoms with Crippen molar-refractivity contribution in [2.75, 3.05) is 16.8 Å². The fourth-order valence-corrected chi connectivity index (χ4v) is 3.62. The minimum atomic E-state index is -4.89. The van der Waals surface area contributed by atoms with Gasteiger partial charge in [-0.25, -0.2) is 12.8 Å². The Labute approximate surface area is 162 Å². The predicted octanol–water partition coefficient (Wildman–Crippen LogP) is 2.31. The second-order valence-corrected chi connectivity index (χ2v) is 8.43. The number of anilines is 1. The molecular weight excluding hydrogens is 418 g/mol. The third-order valence-corrected chi connectivity index (χ3v) is 5.79. The number of benzene rings is 1. The van der Waals surface area contributed by atoms with Crippen LogP contribution < -0.4 is 5.32 Å². The minimum absolute atomic E-state index is 0.281. The van der Waals surface area contributed by atoms with Crippen LogP contribution in [0, 0.1) is 17.1 Å². The Balaban J connectivity index is 2.47. The fraction of sp³-hybridized carbons (Fsp3) is 0.294. The Kier molecular flexibility index (Phi) is 6.05. The maximum Gasteiger partial charge on any atom is 0.419 e. The number of nitrogens with zero attached hydrogens (tertiary/aromatic N) is 1. The molecule has 0 saturated carbocycles. The molecule has 2 aromatic rings. The van der Waals surface area contributed by atoms with Crippen molar-refractivity contribution in [3.63, 3.8) is 0 Å². The van der Waals surface area contributed by atoms with Gasteiger partial charge in [0, 0.05) is 5.75 Å². The highest BCUT2D eigenvalue weighted by atomic mass is 32.2. The molecule has 1 aromatic carbocycles. The molecule has 0 aliphatic carbocycles. The van der Waals surface area contributed by atoms with Crippen molar-refractivity contribution in [1.82, 2.24) is 4.98 Å². The van der Waals surface area contributed by atoms with Gasteiger partial charge in [0.15, 0.2) is 15.4 Å². The third kappa shape index (κ3) is 4.93. The molecule has 0 aliphatic rings. The summed E-state index contributed by atoms with van der Waals surface area (Å²) in [5.41, 5.74) is -5.23. The van der Waals surface area contributed by atoms with E-state index in [1.165, 1.54) is 13.0 Å². The lowest BCUT2D eigenvalue weighted by molar-refractivity contribution is -0.137. The normalized spacial score (nSPS) is 14.1. The van der Waals surface area contributed by atoms with Gasteiger partial charge in [0.25, 0.3) is 5.91 Å². The average molecular weight is 433 g/mol. The zero-order chi connectivity index (χ0) is 22.0. The number of aromatic nitrogens is 1. The number of alkyl halides is 3. The zero-order valence-corrected chi connectivity index (χ0v) is 15.7. The van der Waals surface area contributed by atoms with Crippen LogP contribution in [0.1, 0.15) is 23.7 Å². The van der Waals surface area contributed by atoms with E-state index in [-0.39, 0.29) is 5.56 Å². The zero-order valence-electron chi connectivity index (χ0n) is 14.8. The summed E-state index contributed by atoms with van der Waals surface area (Å²) in [4.78, 5) is 14.7. The van der Waals surface area contributed by atoms with E-state index < -0.39 is 61.9 Å². The van der Waals surface area contributed by atoms with Gasteiger partial charge in [-0.2, -0.15) is 18.4 Å². The summed E-state index contributed by atoms with van der Waals surface area (Å²) in [6.07, 6.45) is -4.89. The Morgan fingerprint density at radius 1 is 1.28 bits per heavy atom. The molecule has 0 spiro atoms. The van der Waals surface area contributed by atoms with Crippen LogP contribution in [0.2, 0.25) is 0 Å². The highest BCUT2D eigenvalue weighted by Gasteiger charge is 2.43. The van der Waals surface area contributed by atoms with E-state index in [9.17, 15) is 35.9 Å². The number of carbonyl (C=O) groups is 1. The number of nitrogens with one attached hydrogen (secondary N) is 2. The van der Waals surface area contributed by atoms with Crippen LogP contribution in [-0.4, -0.2) is 35.9 Å². The highest BCUT2D eigenvalue weighted by molar-refractivity contribution is 7.91. The average Bonchev–Trinajstić information content (AvgIpc) is 3.05. The molecule has 7 nitrogen and oxygen atoms in total. The van der Waals surface area contributed by atoms with E-state index in [2.05, 4.69) is 0 Å². The van der Waals surface area contributed by atoms with Gasteiger partial charge in [-0.1, -0.05) is 19.1 Å². The molecule has 0 bridgehead atoms. The van der Waals surface area contributed by atoms with Crippen LogP contribution in [-0.2, 0) is 26.4 Å². The van der Waals surface area contributed by atoms with Crippen molar-refractivity contribution >= 4 is 21.6 Å². The summed E-state index contributed by atoms with van der Waals surface area (Å²) in [6, 6.07) is 5.47. The number of aromatic amines is 1. The lowest BCUT2D eigenvalue weighted by Gasteiger charge is -2.27. The Hall–Kier alpha value is -2.91. The van der Waals surface area contributed by atoms with Crippen LogP contribution in [0.4, 0.5) is 23.4 Å². The molecule has 0 aliphatic heterocycles. The smallest absolute Gasteiger partial charge is 0.374 e. The first-order valence-electron chi connectivity index (χ1n) is 8.03. The number of aliphatic hydroxyl groups is 1. The Morgan fingerprint density at radius 2 is 1.86 bits per heavy atom. The van der Waals surface area contributed by atoms with Crippen LogP contribution in [0.25, 0.3) is 0 Å². The quantitative estimate of drug-likeness (QED) is 0.604. The number of rotatable bonds is 6. The van der Waals surface area contributed by atoms with Gasteiger partial charge in [0.05, 0.1) is 11.3 Å². The monoisotopic (exact) mass is 433 g/mol. The maximum atomic E-state index is 13.2. The second-order valence-electron chi connectivity index (χ2n) is 6.08. The standard InChI is InChI=1S/C17H15F4N3O4S/c1-2-29(27,28)9-16(26,10-3-5-11(18)6-4-10)15(25)24-14-7-12(17(19,20)21)13(8-22)23-14/h3-7,23,26H,2,9H2,1H3,(H,24,25). The topological polar surface area (TPSA) is 123 Å². The molecular formula is C17H15F4N3O4S. The van der Waals surface area contributed by atoms with Crippen molar-refractivity contribution < 1.29 is 35.9 Å². The second kappa shape index (κ2) is 7.84. The number of nitriles is 1. The summed E-state index contributed by atoms with van der Waals surface area (Å²) < 4.78 is 76.1. The predicted molar refractivity (Wildman–Crippen MR) is 93.8 cm³/mol. The third-order valence-electron chi connectivity index (χ3n) is 4.05. The van der Waals surface area contributed by atoms with E-state index in [0.717, 1.165) is 24.3 Å². The van der Waals surface area contributed by atoms with Crippen molar-refractivity contribution in [3.8, 4) is 6.07 Å². The molecule has 1 amide bonds. The first-order valence-corrected chi connectivity index (χ1v) is 9.85. The number of halogens is 4. The highest BCUT2D eigenvalue weighted by Crippen LogP contribution is 2.34. The van der Waals surface area contributed by atoms with E-state index in [0.29, 0.717) is 6.07 Å². The molecule has 1 atom stereocenters. The summed E-state index contributed by atoms with van der Waals surface area (Å²) in [7, 11) is -3.95. The van der Waals surface area contributed by atoms with E-state index in [1.807, 2.05) is 10.3 Å². The van der Waals surface area contributed by atoms with Crippen molar-refractivity contribution in [1.29, 1.82) is 5.26 Å². The molecule has 1 unspecified atom stereocenters. The molecule has 0 fully saturated rings. The van der Waals surface area contributed by atoms with Crippen LogP contribution in [0.5, 0.6) is 0 Å². The molecule has 2 rings (SSSR count).